The summed E-state index contributed by atoms with van der Waals surface area (Å²) >= 11 is 0. The predicted octanol–water partition coefficient (Wildman–Crippen LogP) is 1.61. The Kier molecular flexibility index (Phi) is 5.53. The molecule has 2 unspecified atom stereocenters. The van der Waals surface area contributed by atoms with Gasteiger partial charge in [-0.3, -0.25) is 19.5 Å². The molecule has 2 aliphatic heterocycles. The number of hydrogen-bond acceptors (Lipinski definition) is 5. The standard InChI is InChI=1S/C21H23N5O3/c27-18(24-16-7-2-1-3-8-16)14-25-17-9-5-11-23-19(17)20(28)26(21(25)29)13-15-6-4-10-22-12-15/h1-4,6-8,10,12,17,19,23H,5,9,11,13-14H2,(H,24,27). The Morgan fingerprint density at radius 3 is 2.76 bits per heavy atom. The molecule has 29 heavy (non-hydrogen) atoms. The maximum Gasteiger partial charge on any atom is 0.327 e. The number of carbonyl (C=O) groups excluding carboxylic acids is 3. The van der Waals surface area contributed by atoms with E-state index < -0.39 is 12.1 Å². The van der Waals surface area contributed by atoms with E-state index in [9.17, 15) is 14.4 Å². The Morgan fingerprint density at radius 2 is 2.00 bits per heavy atom. The lowest BCUT2D eigenvalue weighted by molar-refractivity contribution is -0.138. The molecule has 2 aromatic rings. The predicted molar refractivity (Wildman–Crippen MR) is 107 cm³/mol. The largest absolute Gasteiger partial charge is 0.327 e. The van der Waals surface area contributed by atoms with E-state index in [2.05, 4.69) is 15.6 Å². The first-order valence-corrected chi connectivity index (χ1v) is 9.72. The highest BCUT2D eigenvalue weighted by molar-refractivity contribution is 6.02. The zero-order valence-corrected chi connectivity index (χ0v) is 16.0. The summed E-state index contributed by atoms with van der Waals surface area (Å²) in [6, 6.07) is 11.4. The molecular weight excluding hydrogens is 370 g/mol. The molecule has 150 valence electrons. The van der Waals surface area contributed by atoms with E-state index in [4.69, 9.17) is 0 Å². The van der Waals surface area contributed by atoms with Crippen LogP contribution in [0.5, 0.6) is 0 Å². The maximum atomic E-state index is 13.2. The quantitative estimate of drug-likeness (QED) is 0.805. The third-order valence-electron chi connectivity index (χ3n) is 5.27. The maximum absolute atomic E-state index is 13.2. The third kappa shape index (κ3) is 4.12. The first-order valence-electron chi connectivity index (χ1n) is 9.72. The van der Waals surface area contributed by atoms with Crippen molar-refractivity contribution in [1.29, 1.82) is 0 Å². The van der Waals surface area contributed by atoms with Crippen molar-refractivity contribution in [3.63, 3.8) is 0 Å². The van der Waals surface area contributed by atoms with Crippen molar-refractivity contribution in [2.75, 3.05) is 18.4 Å². The van der Waals surface area contributed by atoms with Gasteiger partial charge in [-0.1, -0.05) is 24.3 Å². The molecule has 3 heterocycles. The molecule has 2 N–H and O–H groups in total. The van der Waals surface area contributed by atoms with Crippen LogP contribution in [0.4, 0.5) is 10.5 Å². The van der Waals surface area contributed by atoms with Gasteiger partial charge in [0.2, 0.25) is 11.8 Å². The molecule has 2 saturated heterocycles. The summed E-state index contributed by atoms with van der Waals surface area (Å²) in [6.45, 7) is 0.743. The van der Waals surface area contributed by atoms with Crippen LogP contribution >= 0.6 is 0 Å². The van der Waals surface area contributed by atoms with E-state index in [-0.39, 0.29) is 30.9 Å². The third-order valence-corrected chi connectivity index (χ3v) is 5.27. The first kappa shape index (κ1) is 19.1. The number of carbonyl (C=O) groups is 3. The second-order valence-electron chi connectivity index (χ2n) is 7.25. The van der Waals surface area contributed by atoms with Gasteiger partial charge in [0, 0.05) is 18.1 Å². The molecule has 4 amide bonds. The molecule has 2 atom stereocenters. The van der Waals surface area contributed by atoms with Crippen molar-refractivity contribution in [3.8, 4) is 0 Å². The van der Waals surface area contributed by atoms with Gasteiger partial charge in [-0.15, -0.1) is 0 Å². The number of para-hydroxylation sites is 1. The normalized spacial score (nSPS) is 21.7. The number of anilines is 1. The summed E-state index contributed by atoms with van der Waals surface area (Å²) in [5.41, 5.74) is 1.43. The lowest BCUT2D eigenvalue weighted by Gasteiger charge is -2.46. The van der Waals surface area contributed by atoms with Crippen LogP contribution in [0.25, 0.3) is 0 Å². The number of amides is 4. The molecule has 0 saturated carbocycles. The summed E-state index contributed by atoms with van der Waals surface area (Å²) in [4.78, 5) is 45.6. The Hall–Kier alpha value is -3.26. The molecule has 8 heteroatoms. The van der Waals surface area contributed by atoms with E-state index in [1.165, 1.54) is 9.80 Å². The van der Waals surface area contributed by atoms with Crippen LogP contribution in [-0.4, -0.2) is 57.8 Å². The molecule has 0 spiro atoms. The number of nitrogens with one attached hydrogen (secondary N) is 2. The highest BCUT2D eigenvalue weighted by Crippen LogP contribution is 2.25. The molecule has 0 bridgehead atoms. The highest BCUT2D eigenvalue weighted by atomic mass is 16.2. The molecule has 2 fully saturated rings. The minimum Gasteiger partial charge on any atom is -0.325 e. The SMILES string of the molecule is O=C(CN1C(=O)N(Cc2cccnc2)C(=O)C2NCCCC21)Nc1ccccc1. The van der Waals surface area contributed by atoms with E-state index >= 15 is 0 Å². The number of benzene rings is 1. The zero-order chi connectivity index (χ0) is 20.2. The average molecular weight is 393 g/mol. The molecule has 8 nitrogen and oxygen atoms in total. The van der Waals surface area contributed by atoms with Crippen LogP contribution in [0.2, 0.25) is 0 Å². The van der Waals surface area contributed by atoms with Crippen molar-refractivity contribution in [2.24, 2.45) is 0 Å². The van der Waals surface area contributed by atoms with Crippen LogP contribution in [-0.2, 0) is 16.1 Å². The van der Waals surface area contributed by atoms with E-state index in [1.807, 2.05) is 24.3 Å². The summed E-state index contributed by atoms with van der Waals surface area (Å²) < 4.78 is 0. The summed E-state index contributed by atoms with van der Waals surface area (Å²) in [7, 11) is 0. The molecule has 2 aliphatic rings. The lowest BCUT2D eigenvalue weighted by Crippen LogP contribution is -2.70. The van der Waals surface area contributed by atoms with Crippen LogP contribution in [0.3, 0.4) is 0 Å². The number of rotatable bonds is 5. The fourth-order valence-electron chi connectivity index (χ4n) is 3.90. The van der Waals surface area contributed by atoms with Gasteiger partial charge in [-0.25, -0.2) is 4.79 Å². The van der Waals surface area contributed by atoms with Crippen molar-refractivity contribution >= 4 is 23.5 Å². The Labute approximate surface area is 168 Å². The van der Waals surface area contributed by atoms with Gasteiger partial charge >= 0.3 is 6.03 Å². The number of piperidine rings is 1. The second-order valence-corrected chi connectivity index (χ2v) is 7.25. The van der Waals surface area contributed by atoms with Crippen LogP contribution < -0.4 is 10.6 Å². The van der Waals surface area contributed by atoms with E-state index in [1.54, 1.807) is 30.6 Å². The molecule has 0 radical (unpaired) electrons. The fourth-order valence-corrected chi connectivity index (χ4v) is 3.90. The number of fused-ring (bicyclic) bond motifs is 1. The van der Waals surface area contributed by atoms with Crippen molar-refractivity contribution < 1.29 is 14.4 Å². The van der Waals surface area contributed by atoms with Crippen molar-refractivity contribution in [1.82, 2.24) is 20.1 Å². The second kappa shape index (κ2) is 8.40. The van der Waals surface area contributed by atoms with Gasteiger partial charge in [0.25, 0.3) is 0 Å². The number of urea groups is 1. The van der Waals surface area contributed by atoms with E-state index in [0.29, 0.717) is 18.7 Å². The molecular formula is C21H23N5O3. The number of pyridine rings is 1. The van der Waals surface area contributed by atoms with Crippen molar-refractivity contribution in [3.05, 3.63) is 60.4 Å². The Balaban J connectivity index is 1.54. The summed E-state index contributed by atoms with van der Waals surface area (Å²) in [6.07, 6.45) is 4.81. The Morgan fingerprint density at radius 1 is 1.17 bits per heavy atom. The number of nitrogens with zero attached hydrogens (tertiary/aromatic N) is 3. The summed E-state index contributed by atoms with van der Waals surface area (Å²) in [5.74, 6) is -0.534. The number of hydrogen-bond donors (Lipinski definition) is 2. The first-order chi connectivity index (χ1) is 14.1. The smallest absolute Gasteiger partial charge is 0.325 e. The van der Waals surface area contributed by atoms with Crippen molar-refractivity contribution in [2.45, 2.75) is 31.5 Å². The average Bonchev–Trinajstić information content (AvgIpc) is 2.75. The topological polar surface area (TPSA) is 94.6 Å². The van der Waals surface area contributed by atoms with Gasteiger partial charge < -0.3 is 15.5 Å². The molecule has 0 aliphatic carbocycles. The fraction of sp³-hybridized carbons (Fsp3) is 0.333. The minimum absolute atomic E-state index is 0.104. The van der Waals surface area contributed by atoms with Gasteiger partial charge in [-0.2, -0.15) is 0 Å². The van der Waals surface area contributed by atoms with Gasteiger partial charge in [-0.05, 0) is 43.1 Å². The highest BCUT2D eigenvalue weighted by Gasteiger charge is 2.47. The van der Waals surface area contributed by atoms with Gasteiger partial charge in [0.05, 0.1) is 12.6 Å². The molecule has 1 aromatic heterocycles. The van der Waals surface area contributed by atoms with E-state index in [0.717, 1.165) is 12.0 Å². The van der Waals surface area contributed by atoms with Gasteiger partial charge in [0.1, 0.15) is 12.6 Å². The van der Waals surface area contributed by atoms with Crippen LogP contribution in [0, 0.1) is 0 Å². The minimum atomic E-state index is -0.498. The zero-order valence-electron chi connectivity index (χ0n) is 16.0. The Bertz CT molecular complexity index is 890. The van der Waals surface area contributed by atoms with Crippen LogP contribution in [0.1, 0.15) is 18.4 Å². The monoisotopic (exact) mass is 393 g/mol. The number of aromatic nitrogens is 1. The molecule has 1 aromatic carbocycles. The molecule has 4 rings (SSSR count). The summed E-state index contributed by atoms with van der Waals surface area (Å²) in [5, 5.41) is 6.04. The number of imide groups is 1. The van der Waals surface area contributed by atoms with Crippen LogP contribution in [0.15, 0.2) is 54.9 Å². The lowest BCUT2D eigenvalue weighted by atomic mass is 9.93. The van der Waals surface area contributed by atoms with Gasteiger partial charge in [0.15, 0.2) is 0 Å².